The van der Waals surface area contributed by atoms with E-state index in [0.29, 0.717) is 0 Å². The summed E-state index contributed by atoms with van der Waals surface area (Å²) in [6.45, 7) is 6.80. The highest BCUT2D eigenvalue weighted by Gasteiger charge is 2.15. The molecule has 4 nitrogen and oxygen atoms in total. The molecule has 1 amide bonds. The third-order valence-corrected chi connectivity index (χ3v) is 6.18. The number of aryl methyl sites for hydroxylation is 1. The van der Waals surface area contributed by atoms with E-state index in [1.54, 1.807) is 0 Å². The molecule has 2 heterocycles. The van der Waals surface area contributed by atoms with Crippen LogP contribution in [0.2, 0.25) is 0 Å². The summed E-state index contributed by atoms with van der Waals surface area (Å²) in [5, 5.41) is 5.01. The molecule has 0 atom stereocenters. The van der Waals surface area contributed by atoms with Crippen LogP contribution in [0.1, 0.15) is 20.8 Å². The maximum atomic E-state index is 12.8. The quantitative estimate of drug-likeness (QED) is 0.636. The Morgan fingerprint density at radius 1 is 1.03 bits per heavy atom. The molecule has 5 heteroatoms. The van der Waals surface area contributed by atoms with Crippen molar-refractivity contribution in [3.63, 3.8) is 0 Å². The van der Waals surface area contributed by atoms with Gasteiger partial charge < -0.3 is 10.1 Å². The molecule has 0 aliphatic carbocycles. The van der Waals surface area contributed by atoms with Crippen molar-refractivity contribution in [2.75, 3.05) is 38.2 Å². The molecule has 0 saturated carbocycles. The van der Waals surface area contributed by atoms with Crippen molar-refractivity contribution < 1.29 is 9.53 Å². The number of carbonyl (C=O) groups excluding carboxylic acids is 1. The van der Waals surface area contributed by atoms with Gasteiger partial charge in [0.1, 0.15) is 0 Å². The van der Waals surface area contributed by atoms with Crippen molar-refractivity contribution in [3.8, 4) is 11.1 Å². The summed E-state index contributed by atoms with van der Waals surface area (Å²) in [5.74, 6) is -0.0587. The molecule has 150 valence electrons. The smallest absolute Gasteiger partial charge is 0.266 e. The van der Waals surface area contributed by atoms with E-state index in [9.17, 15) is 4.79 Å². The molecule has 0 unspecified atom stereocenters. The van der Waals surface area contributed by atoms with Crippen LogP contribution in [0.5, 0.6) is 0 Å². The van der Waals surface area contributed by atoms with Gasteiger partial charge in [-0.1, -0.05) is 42.0 Å². The highest BCUT2D eigenvalue weighted by Crippen LogP contribution is 2.29. The fourth-order valence-corrected chi connectivity index (χ4v) is 4.31. The Balaban J connectivity index is 1.37. The van der Waals surface area contributed by atoms with Crippen molar-refractivity contribution in [3.05, 3.63) is 76.0 Å². The molecule has 1 N–H and O–H groups in total. The largest absolute Gasteiger partial charge is 0.379 e. The summed E-state index contributed by atoms with van der Waals surface area (Å²) in [6.07, 6.45) is 1.01. The lowest BCUT2D eigenvalue weighted by atomic mass is 10.0. The van der Waals surface area contributed by atoms with Gasteiger partial charge in [-0.25, -0.2) is 0 Å². The maximum Gasteiger partial charge on any atom is 0.266 e. The molecular formula is C24H26N2O2S. The average Bonchev–Trinajstić information content (AvgIpc) is 3.25. The number of thiophene rings is 1. The van der Waals surface area contributed by atoms with E-state index in [4.69, 9.17) is 4.74 Å². The monoisotopic (exact) mass is 406 g/mol. The molecular weight excluding hydrogens is 380 g/mol. The van der Waals surface area contributed by atoms with Gasteiger partial charge in [0.25, 0.3) is 5.91 Å². The zero-order valence-corrected chi connectivity index (χ0v) is 17.5. The normalized spacial score (nSPS) is 14.7. The Morgan fingerprint density at radius 3 is 2.48 bits per heavy atom. The first-order valence-electron chi connectivity index (χ1n) is 10.0. The number of hydrogen-bond donors (Lipinski definition) is 1. The number of hydrogen-bond acceptors (Lipinski definition) is 4. The minimum Gasteiger partial charge on any atom is -0.379 e. The first-order chi connectivity index (χ1) is 14.2. The number of rotatable bonds is 6. The number of carbonyl (C=O) groups is 1. The van der Waals surface area contributed by atoms with Crippen molar-refractivity contribution in [1.82, 2.24) is 4.90 Å². The topological polar surface area (TPSA) is 41.6 Å². The van der Waals surface area contributed by atoms with Gasteiger partial charge in [-0.3, -0.25) is 9.69 Å². The van der Waals surface area contributed by atoms with Gasteiger partial charge in [-0.2, -0.15) is 0 Å². The first kappa shape index (κ1) is 19.8. The number of benzene rings is 2. The van der Waals surface area contributed by atoms with Crippen LogP contribution in [0.15, 0.2) is 60.0 Å². The van der Waals surface area contributed by atoms with Gasteiger partial charge in [0.05, 0.1) is 18.1 Å². The Kier molecular flexibility index (Phi) is 6.39. The van der Waals surface area contributed by atoms with Crippen molar-refractivity contribution >= 4 is 22.9 Å². The van der Waals surface area contributed by atoms with E-state index in [1.807, 2.05) is 23.6 Å². The lowest BCUT2D eigenvalue weighted by molar-refractivity contribution is 0.0384. The van der Waals surface area contributed by atoms with Crippen molar-refractivity contribution in [2.24, 2.45) is 0 Å². The zero-order valence-electron chi connectivity index (χ0n) is 16.7. The minimum atomic E-state index is -0.0587. The molecule has 3 aromatic rings. The van der Waals surface area contributed by atoms with Gasteiger partial charge in [0, 0.05) is 30.9 Å². The molecule has 1 saturated heterocycles. The molecule has 1 fully saturated rings. The number of nitrogens with one attached hydrogen (secondary N) is 1. The number of amides is 1. The summed E-state index contributed by atoms with van der Waals surface area (Å²) < 4.78 is 5.40. The van der Waals surface area contributed by atoms with E-state index in [0.717, 1.165) is 61.0 Å². The summed E-state index contributed by atoms with van der Waals surface area (Å²) in [5.41, 5.74) is 5.37. The predicted molar refractivity (Wildman–Crippen MR) is 120 cm³/mol. The molecule has 1 aromatic heterocycles. The third-order valence-electron chi connectivity index (χ3n) is 5.27. The molecule has 0 bridgehead atoms. The summed E-state index contributed by atoms with van der Waals surface area (Å²) in [7, 11) is 0. The molecule has 1 aliphatic rings. The molecule has 1 aliphatic heterocycles. The molecule has 0 spiro atoms. The van der Waals surface area contributed by atoms with Gasteiger partial charge in [-0.05, 0) is 48.1 Å². The first-order valence-corrected chi connectivity index (χ1v) is 10.9. The molecule has 29 heavy (non-hydrogen) atoms. The average molecular weight is 407 g/mol. The highest BCUT2D eigenvalue weighted by atomic mass is 32.1. The highest BCUT2D eigenvalue weighted by molar-refractivity contribution is 7.12. The molecule has 0 radical (unpaired) electrons. The second-order valence-corrected chi connectivity index (χ2v) is 8.30. The molecule has 4 rings (SSSR count). The van der Waals surface area contributed by atoms with E-state index in [1.165, 1.54) is 22.5 Å². The standard InChI is InChI=1S/C24H26N2O2S/c1-18-2-6-20(7-3-18)22-11-17-29-23(22)24(27)25-21-8-4-19(5-9-21)10-12-26-13-15-28-16-14-26/h2-9,11,17H,10,12-16H2,1H3,(H,25,27). The van der Waals surface area contributed by atoms with Crippen LogP contribution < -0.4 is 5.32 Å². The number of anilines is 1. The summed E-state index contributed by atoms with van der Waals surface area (Å²) in [4.78, 5) is 16.0. The number of morpholine rings is 1. The second-order valence-electron chi connectivity index (χ2n) is 7.38. The van der Waals surface area contributed by atoms with E-state index in [-0.39, 0.29) is 5.91 Å². The summed E-state index contributed by atoms with van der Waals surface area (Å²) >= 11 is 1.48. The third kappa shape index (κ3) is 5.12. The Bertz CT molecular complexity index is 942. The van der Waals surface area contributed by atoms with Crippen LogP contribution in [0.4, 0.5) is 5.69 Å². The lowest BCUT2D eigenvalue weighted by Crippen LogP contribution is -2.37. The van der Waals surface area contributed by atoms with Gasteiger partial charge in [0.15, 0.2) is 0 Å². The van der Waals surface area contributed by atoms with Crippen LogP contribution >= 0.6 is 11.3 Å². The van der Waals surface area contributed by atoms with Gasteiger partial charge >= 0.3 is 0 Å². The second kappa shape index (κ2) is 9.35. The van der Waals surface area contributed by atoms with E-state index in [2.05, 4.69) is 53.5 Å². The van der Waals surface area contributed by atoms with Crippen molar-refractivity contribution in [1.29, 1.82) is 0 Å². The maximum absolute atomic E-state index is 12.8. The van der Waals surface area contributed by atoms with Crippen LogP contribution in [0.25, 0.3) is 11.1 Å². The Morgan fingerprint density at radius 2 is 1.76 bits per heavy atom. The van der Waals surface area contributed by atoms with Gasteiger partial charge in [-0.15, -0.1) is 11.3 Å². The Labute approximate surface area is 176 Å². The minimum absolute atomic E-state index is 0.0587. The number of ether oxygens (including phenoxy) is 1. The SMILES string of the molecule is Cc1ccc(-c2ccsc2C(=O)Nc2ccc(CCN3CCOCC3)cc2)cc1. The van der Waals surface area contributed by atoms with Crippen LogP contribution in [-0.2, 0) is 11.2 Å². The van der Waals surface area contributed by atoms with Crippen LogP contribution in [0, 0.1) is 6.92 Å². The number of nitrogens with zero attached hydrogens (tertiary/aromatic N) is 1. The fraction of sp³-hybridized carbons (Fsp3) is 0.292. The van der Waals surface area contributed by atoms with E-state index < -0.39 is 0 Å². The van der Waals surface area contributed by atoms with Crippen LogP contribution in [0.3, 0.4) is 0 Å². The van der Waals surface area contributed by atoms with E-state index >= 15 is 0 Å². The summed E-state index contributed by atoms with van der Waals surface area (Å²) in [6, 6.07) is 18.5. The lowest BCUT2D eigenvalue weighted by Gasteiger charge is -2.26. The zero-order chi connectivity index (χ0) is 20.1. The Hall–Kier alpha value is -2.47. The predicted octanol–water partition coefficient (Wildman–Crippen LogP) is 4.85. The fourth-order valence-electron chi connectivity index (χ4n) is 3.50. The van der Waals surface area contributed by atoms with Crippen LogP contribution in [-0.4, -0.2) is 43.7 Å². The van der Waals surface area contributed by atoms with Gasteiger partial charge in [0.2, 0.25) is 0 Å². The van der Waals surface area contributed by atoms with Crippen molar-refractivity contribution in [2.45, 2.75) is 13.3 Å². The molecule has 2 aromatic carbocycles.